The highest BCUT2D eigenvalue weighted by Crippen LogP contribution is 2.23. The molecule has 2 aromatic heterocycles. The van der Waals surface area contributed by atoms with E-state index >= 15 is 0 Å². The summed E-state index contributed by atoms with van der Waals surface area (Å²) in [5, 5.41) is 6.49. The zero-order chi connectivity index (χ0) is 15.8. The van der Waals surface area contributed by atoms with Gasteiger partial charge in [-0.2, -0.15) is 5.10 Å². The Morgan fingerprint density at radius 3 is 2.48 bits per heavy atom. The number of hydrogen-bond donors (Lipinski definition) is 3. The van der Waals surface area contributed by atoms with Crippen LogP contribution in [0.25, 0.3) is 0 Å². The highest BCUT2D eigenvalue weighted by Gasteiger charge is 2.20. The van der Waals surface area contributed by atoms with E-state index in [1.807, 2.05) is 20.8 Å². The van der Waals surface area contributed by atoms with Crippen molar-refractivity contribution in [2.75, 3.05) is 4.72 Å². The molecule has 0 unspecified atom stereocenters. The molecule has 2 heterocycles. The number of pyridine rings is 1. The van der Waals surface area contributed by atoms with Crippen LogP contribution in [-0.2, 0) is 15.4 Å². The molecule has 0 atom stereocenters. The van der Waals surface area contributed by atoms with Crippen molar-refractivity contribution in [3.8, 4) is 0 Å². The van der Waals surface area contributed by atoms with Gasteiger partial charge in [0.25, 0.3) is 15.6 Å². The van der Waals surface area contributed by atoms with Crippen molar-refractivity contribution in [3.63, 3.8) is 0 Å². The highest BCUT2D eigenvalue weighted by molar-refractivity contribution is 7.92. The third-order valence-electron chi connectivity index (χ3n) is 2.77. The fraction of sp³-hybridized carbons (Fsp3) is 0.333. The summed E-state index contributed by atoms with van der Waals surface area (Å²) in [7, 11) is -3.87. The zero-order valence-corrected chi connectivity index (χ0v) is 13.3. The fourth-order valence-electron chi connectivity index (χ4n) is 1.55. The zero-order valence-electron chi connectivity index (χ0n) is 11.7. The second-order valence-corrected chi connectivity index (χ2v) is 7.62. The van der Waals surface area contributed by atoms with Crippen molar-refractivity contribution in [1.82, 2.24) is 15.2 Å². The van der Waals surface area contributed by atoms with E-state index in [0.29, 0.717) is 0 Å². The van der Waals surface area contributed by atoms with Crippen LogP contribution in [0.3, 0.4) is 0 Å². The van der Waals surface area contributed by atoms with Gasteiger partial charge in [-0.3, -0.25) is 14.6 Å². The molecule has 0 fully saturated rings. The Labute approximate surface area is 126 Å². The number of rotatable bonds is 3. The molecule has 9 heteroatoms. The Morgan fingerprint density at radius 2 is 1.95 bits per heavy atom. The molecule has 0 spiro atoms. The van der Waals surface area contributed by atoms with Crippen LogP contribution in [0.1, 0.15) is 26.5 Å². The van der Waals surface area contributed by atoms with E-state index in [9.17, 15) is 13.2 Å². The average molecular weight is 331 g/mol. The van der Waals surface area contributed by atoms with Gasteiger partial charge in [-0.1, -0.05) is 32.4 Å². The van der Waals surface area contributed by atoms with Crippen LogP contribution in [-0.4, -0.2) is 23.6 Å². The minimum Gasteiger partial charge on any atom is -0.326 e. The number of aromatic nitrogens is 3. The van der Waals surface area contributed by atoms with E-state index in [2.05, 4.69) is 19.9 Å². The topological polar surface area (TPSA) is 108 Å². The Bertz CT molecular complexity index is 818. The number of hydrogen-bond acceptors (Lipinski definition) is 4. The molecule has 114 valence electrons. The highest BCUT2D eigenvalue weighted by atomic mass is 35.5. The maximum atomic E-state index is 12.2. The van der Waals surface area contributed by atoms with E-state index < -0.39 is 15.6 Å². The van der Waals surface area contributed by atoms with Gasteiger partial charge in [0.05, 0.1) is 0 Å². The van der Waals surface area contributed by atoms with Crippen molar-refractivity contribution < 1.29 is 8.42 Å². The molecule has 21 heavy (non-hydrogen) atoms. The van der Waals surface area contributed by atoms with Crippen molar-refractivity contribution >= 4 is 27.4 Å². The maximum absolute atomic E-state index is 12.2. The van der Waals surface area contributed by atoms with Gasteiger partial charge in [0.1, 0.15) is 9.92 Å². The van der Waals surface area contributed by atoms with Crippen LogP contribution in [0.5, 0.6) is 0 Å². The summed E-state index contributed by atoms with van der Waals surface area (Å²) in [5.74, 6) is 0.169. The lowest BCUT2D eigenvalue weighted by Gasteiger charge is -2.14. The predicted octanol–water partition coefficient (Wildman–Crippen LogP) is 1.85. The van der Waals surface area contributed by atoms with Crippen LogP contribution in [0.4, 0.5) is 5.82 Å². The lowest BCUT2D eigenvalue weighted by atomic mass is 9.92. The summed E-state index contributed by atoms with van der Waals surface area (Å²) in [6.45, 7) is 5.92. The number of halogens is 1. The van der Waals surface area contributed by atoms with E-state index in [0.717, 1.165) is 18.0 Å². The third-order valence-corrected chi connectivity index (χ3v) is 4.38. The molecule has 7 nitrogen and oxygen atoms in total. The maximum Gasteiger partial charge on any atom is 0.266 e. The standard InChI is InChI=1S/C12H15ClN4O3S/c1-12(2,3)9-5-10(16-15-9)17-21(19,20)7-4-8(13)11(18)14-6-7/h4-6H,1-3H3,(H,14,18)(H2,15,16,17). The van der Waals surface area contributed by atoms with Gasteiger partial charge < -0.3 is 4.98 Å². The molecule has 0 bridgehead atoms. The van der Waals surface area contributed by atoms with Crippen LogP contribution in [0, 0.1) is 0 Å². The minimum atomic E-state index is -3.87. The van der Waals surface area contributed by atoms with Crippen molar-refractivity contribution in [2.45, 2.75) is 31.1 Å². The van der Waals surface area contributed by atoms with E-state index in [1.165, 1.54) is 0 Å². The first-order valence-electron chi connectivity index (χ1n) is 6.06. The first kappa shape index (κ1) is 15.6. The first-order chi connectivity index (χ1) is 9.59. The number of nitrogens with zero attached hydrogens (tertiary/aromatic N) is 1. The summed E-state index contributed by atoms with van der Waals surface area (Å²) < 4.78 is 26.7. The summed E-state index contributed by atoms with van der Waals surface area (Å²) in [4.78, 5) is 13.3. The van der Waals surface area contributed by atoms with Crippen molar-refractivity contribution in [2.24, 2.45) is 0 Å². The number of nitrogens with one attached hydrogen (secondary N) is 3. The number of aromatic amines is 2. The van der Waals surface area contributed by atoms with Crippen LogP contribution in [0.2, 0.25) is 5.02 Å². The van der Waals surface area contributed by atoms with Crippen LogP contribution < -0.4 is 10.3 Å². The van der Waals surface area contributed by atoms with E-state index in [1.54, 1.807) is 6.07 Å². The molecule has 3 N–H and O–H groups in total. The molecule has 2 aromatic rings. The van der Waals surface area contributed by atoms with Gasteiger partial charge in [-0.05, 0) is 6.07 Å². The molecule has 0 aliphatic carbocycles. The van der Waals surface area contributed by atoms with Gasteiger partial charge in [0.2, 0.25) is 0 Å². The minimum absolute atomic E-state index is 0.146. The Balaban J connectivity index is 2.31. The normalized spacial score (nSPS) is 12.4. The van der Waals surface area contributed by atoms with E-state index in [4.69, 9.17) is 11.6 Å². The van der Waals surface area contributed by atoms with Crippen molar-refractivity contribution in [3.05, 3.63) is 39.4 Å². The molecule has 0 saturated heterocycles. The van der Waals surface area contributed by atoms with Gasteiger partial charge >= 0.3 is 0 Å². The number of H-pyrrole nitrogens is 2. The molecular formula is C12H15ClN4O3S. The molecule has 0 aromatic carbocycles. The second kappa shape index (κ2) is 5.19. The molecule has 0 aliphatic heterocycles. The quantitative estimate of drug-likeness (QED) is 0.798. The van der Waals surface area contributed by atoms with Gasteiger partial charge in [-0.15, -0.1) is 0 Å². The average Bonchev–Trinajstić information content (AvgIpc) is 2.80. The summed E-state index contributed by atoms with van der Waals surface area (Å²) in [6.07, 6.45) is 1.08. The molecule has 0 aliphatic rings. The smallest absolute Gasteiger partial charge is 0.266 e. The molecule has 0 amide bonds. The monoisotopic (exact) mass is 330 g/mol. The molecule has 0 radical (unpaired) electrons. The second-order valence-electron chi connectivity index (χ2n) is 5.53. The predicted molar refractivity (Wildman–Crippen MR) is 80.2 cm³/mol. The summed E-state index contributed by atoms with van der Waals surface area (Å²) >= 11 is 5.63. The third kappa shape index (κ3) is 3.45. The molecule has 0 saturated carbocycles. The Morgan fingerprint density at radius 1 is 1.29 bits per heavy atom. The molecular weight excluding hydrogens is 316 g/mol. The van der Waals surface area contributed by atoms with Crippen LogP contribution in [0.15, 0.2) is 28.0 Å². The van der Waals surface area contributed by atoms with E-state index in [-0.39, 0.29) is 21.2 Å². The molecule has 2 rings (SSSR count). The largest absolute Gasteiger partial charge is 0.326 e. The summed E-state index contributed by atoms with van der Waals surface area (Å²) in [6, 6.07) is 2.70. The van der Waals surface area contributed by atoms with Gasteiger partial charge in [0, 0.05) is 23.4 Å². The lowest BCUT2D eigenvalue weighted by Crippen LogP contribution is -2.16. The first-order valence-corrected chi connectivity index (χ1v) is 7.93. The Kier molecular flexibility index (Phi) is 3.85. The SMILES string of the molecule is CC(C)(C)c1cc(NS(=O)(=O)c2c[nH]c(=O)c(Cl)c2)n[nH]1. The number of sulfonamides is 1. The van der Waals surface area contributed by atoms with Crippen LogP contribution >= 0.6 is 11.6 Å². The summed E-state index contributed by atoms with van der Waals surface area (Å²) in [5.41, 5.74) is 0.0583. The fourth-order valence-corrected chi connectivity index (χ4v) is 2.77. The Hall–Kier alpha value is -1.80. The van der Waals surface area contributed by atoms with Crippen molar-refractivity contribution in [1.29, 1.82) is 0 Å². The number of anilines is 1. The lowest BCUT2D eigenvalue weighted by molar-refractivity contribution is 0.567. The van der Waals surface area contributed by atoms with Gasteiger partial charge in [-0.25, -0.2) is 8.42 Å². The van der Waals surface area contributed by atoms with Gasteiger partial charge in [0.15, 0.2) is 5.82 Å².